The number of hydrogen-bond acceptors (Lipinski definition) is 3. The lowest BCUT2D eigenvalue weighted by Gasteiger charge is -2.57. The largest absolute Gasteiger partial charge is 0.390 e. The fourth-order valence-corrected chi connectivity index (χ4v) is 3.56. The molecule has 2 saturated carbocycles. The molecule has 4 fully saturated rings. The Hall–Kier alpha value is -0.120. The molecule has 3 nitrogen and oxygen atoms in total. The lowest BCUT2D eigenvalue weighted by Crippen LogP contribution is -2.63. The number of nitrogens with zero attached hydrogens (tertiary/aromatic N) is 1. The normalized spacial score (nSPS) is 58.0. The van der Waals surface area contributed by atoms with Crippen molar-refractivity contribution in [2.75, 3.05) is 0 Å². The molecule has 2 saturated heterocycles. The molecule has 0 aromatic rings. The van der Waals surface area contributed by atoms with Crippen molar-refractivity contribution in [3.63, 3.8) is 0 Å². The van der Waals surface area contributed by atoms with Crippen LogP contribution in [0, 0.1) is 5.92 Å². The molecule has 4 aliphatic rings. The van der Waals surface area contributed by atoms with Crippen molar-refractivity contribution in [1.29, 1.82) is 0 Å². The summed E-state index contributed by atoms with van der Waals surface area (Å²) >= 11 is 0. The lowest BCUT2D eigenvalue weighted by atomic mass is 9.62. The van der Waals surface area contributed by atoms with Crippen LogP contribution in [0.4, 0.5) is 0 Å². The first-order valence-corrected chi connectivity index (χ1v) is 4.86. The molecule has 2 N–H and O–H groups in total. The van der Waals surface area contributed by atoms with Gasteiger partial charge in [0.2, 0.25) is 0 Å². The minimum Gasteiger partial charge on any atom is -0.390 e. The van der Waals surface area contributed by atoms with Crippen LogP contribution < -0.4 is 0 Å². The number of hydrogen-bond donors (Lipinski definition) is 2. The second-order valence-corrected chi connectivity index (χ2v) is 4.86. The van der Waals surface area contributed by atoms with Crippen LogP contribution in [0.5, 0.6) is 0 Å². The van der Waals surface area contributed by atoms with Crippen molar-refractivity contribution >= 4 is 0 Å². The van der Waals surface area contributed by atoms with Gasteiger partial charge in [-0.05, 0) is 38.0 Å². The minimum atomic E-state index is -0.421. The van der Waals surface area contributed by atoms with Gasteiger partial charge in [-0.2, -0.15) is 5.06 Å². The Kier molecular flexibility index (Phi) is 1.23. The molecule has 4 bridgehead atoms. The van der Waals surface area contributed by atoms with Gasteiger partial charge in [0.15, 0.2) is 0 Å². The Morgan fingerprint density at radius 1 is 1.08 bits per heavy atom. The van der Waals surface area contributed by atoms with Gasteiger partial charge in [-0.15, -0.1) is 0 Å². The smallest absolute Gasteiger partial charge is 0.0682 e. The highest BCUT2D eigenvalue weighted by Gasteiger charge is 2.53. The van der Waals surface area contributed by atoms with E-state index in [0.717, 1.165) is 32.1 Å². The van der Waals surface area contributed by atoms with E-state index in [0.29, 0.717) is 5.92 Å². The van der Waals surface area contributed by atoms with E-state index in [4.69, 9.17) is 0 Å². The molecule has 3 heteroatoms. The average molecular weight is 169 g/mol. The molecule has 0 radical (unpaired) electrons. The summed E-state index contributed by atoms with van der Waals surface area (Å²) in [6.07, 6.45) is 4.74. The fraction of sp³-hybridized carbons (Fsp3) is 1.00. The maximum Gasteiger partial charge on any atom is 0.0682 e. The zero-order valence-corrected chi connectivity index (χ0v) is 7.11. The average Bonchev–Trinajstić information content (AvgIpc) is 1.96. The highest BCUT2D eigenvalue weighted by atomic mass is 16.5. The molecular weight excluding hydrogens is 154 g/mol. The standard InChI is InChI=1S/C9H15NO2/c11-9-3-6-1-7(4-9)10(12)8(2-6)5-9/h6-8,11-12H,1-5H2. The van der Waals surface area contributed by atoms with Crippen molar-refractivity contribution in [1.82, 2.24) is 5.06 Å². The van der Waals surface area contributed by atoms with Crippen LogP contribution >= 0.6 is 0 Å². The lowest BCUT2D eigenvalue weighted by molar-refractivity contribution is -0.264. The van der Waals surface area contributed by atoms with Crippen LogP contribution in [-0.2, 0) is 0 Å². The molecule has 2 atom stereocenters. The zero-order valence-electron chi connectivity index (χ0n) is 7.11. The number of aliphatic hydroxyl groups is 1. The number of piperidine rings is 2. The van der Waals surface area contributed by atoms with Crippen LogP contribution in [0.15, 0.2) is 0 Å². The maximum atomic E-state index is 10.1. The predicted molar refractivity (Wildman–Crippen MR) is 42.7 cm³/mol. The van der Waals surface area contributed by atoms with Gasteiger partial charge in [0.25, 0.3) is 0 Å². The summed E-state index contributed by atoms with van der Waals surface area (Å²) in [6.45, 7) is 0. The summed E-state index contributed by atoms with van der Waals surface area (Å²) in [5, 5.41) is 21.3. The van der Waals surface area contributed by atoms with Crippen LogP contribution in [0.3, 0.4) is 0 Å². The summed E-state index contributed by atoms with van der Waals surface area (Å²) in [5.41, 5.74) is -0.421. The molecule has 0 aromatic carbocycles. The second kappa shape index (κ2) is 2.03. The predicted octanol–water partition coefficient (Wildman–Crippen LogP) is 0.753. The molecule has 0 amide bonds. The molecule has 0 aromatic heterocycles. The van der Waals surface area contributed by atoms with Gasteiger partial charge >= 0.3 is 0 Å². The van der Waals surface area contributed by atoms with Crippen molar-refractivity contribution in [2.45, 2.75) is 49.8 Å². The first kappa shape index (κ1) is 7.30. The van der Waals surface area contributed by atoms with Gasteiger partial charge in [0.1, 0.15) is 0 Å². The highest BCUT2D eigenvalue weighted by Crippen LogP contribution is 2.50. The van der Waals surface area contributed by atoms with Crippen LogP contribution in [0.25, 0.3) is 0 Å². The second-order valence-electron chi connectivity index (χ2n) is 4.86. The molecule has 2 unspecified atom stereocenters. The summed E-state index contributed by atoms with van der Waals surface area (Å²) in [6, 6.07) is 0.502. The summed E-state index contributed by atoms with van der Waals surface area (Å²) in [4.78, 5) is 0. The van der Waals surface area contributed by atoms with Gasteiger partial charge in [0, 0.05) is 12.1 Å². The van der Waals surface area contributed by atoms with Crippen LogP contribution in [0.1, 0.15) is 32.1 Å². The Morgan fingerprint density at radius 3 is 2.17 bits per heavy atom. The van der Waals surface area contributed by atoms with Crippen molar-refractivity contribution in [3.05, 3.63) is 0 Å². The third-order valence-corrected chi connectivity index (χ3v) is 3.86. The van der Waals surface area contributed by atoms with E-state index in [1.54, 1.807) is 0 Å². The quantitative estimate of drug-likeness (QED) is 0.562. The maximum absolute atomic E-state index is 10.1. The highest BCUT2D eigenvalue weighted by molar-refractivity contribution is 5.05. The van der Waals surface area contributed by atoms with Gasteiger partial charge in [-0.3, -0.25) is 0 Å². The Morgan fingerprint density at radius 2 is 1.67 bits per heavy atom. The fourth-order valence-electron chi connectivity index (χ4n) is 3.56. The Labute approximate surface area is 71.9 Å². The number of rotatable bonds is 0. The third-order valence-electron chi connectivity index (χ3n) is 3.86. The summed E-state index contributed by atoms with van der Waals surface area (Å²) < 4.78 is 0. The van der Waals surface area contributed by atoms with E-state index in [-0.39, 0.29) is 12.1 Å². The van der Waals surface area contributed by atoms with E-state index < -0.39 is 5.60 Å². The zero-order chi connectivity index (χ0) is 8.34. The molecule has 2 aliphatic carbocycles. The first-order valence-electron chi connectivity index (χ1n) is 4.86. The molecule has 0 spiro atoms. The van der Waals surface area contributed by atoms with E-state index >= 15 is 0 Å². The number of hydroxylamine groups is 2. The third kappa shape index (κ3) is 0.817. The van der Waals surface area contributed by atoms with E-state index in [9.17, 15) is 10.3 Å². The van der Waals surface area contributed by atoms with Crippen LogP contribution in [-0.4, -0.2) is 33.1 Å². The van der Waals surface area contributed by atoms with Gasteiger partial charge in [-0.25, -0.2) is 0 Å². The topological polar surface area (TPSA) is 43.7 Å². The molecule has 68 valence electrons. The Balaban J connectivity index is 1.95. The Bertz CT molecular complexity index is 203. The van der Waals surface area contributed by atoms with Crippen molar-refractivity contribution < 1.29 is 10.3 Å². The van der Waals surface area contributed by atoms with Crippen molar-refractivity contribution in [2.24, 2.45) is 5.92 Å². The van der Waals surface area contributed by atoms with Crippen molar-refractivity contribution in [3.8, 4) is 0 Å². The summed E-state index contributed by atoms with van der Waals surface area (Å²) in [5.74, 6) is 0.677. The van der Waals surface area contributed by atoms with Gasteiger partial charge in [-0.1, -0.05) is 0 Å². The molecule has 2 heterocycles. The monoisotopic (exact) mass is 169 g/mol. The molecule has 12 heavy (non-hydrogen) atoms. The van der Waals surface area contributed by atoms with Gasteiger partial charge < -0.3 is 10.3 Å². The first-order chi connectivity index (χ1) is 5.66. The van der Waals surface area contributed by atoms with E-state index in [1.165, 1.54) is 5.06 Å². The molecular formula is C9H15NO2. The molecule has 4 rings (SSSR count). The minimum absolute atomic E-state index is 0.251. The SMILES string of the molecule is ON1C2CC3CC1CC(O)(C3)C2. The summed E-state index contributed by atoms with van der Waals surface area (Å²) in [7, 11) is 0. The van der Waals surface area contributed by atoms with E-state index in [2.05, 4.69) is 0 Å². The van der Waals surface area contributed by atoms with Gasteiger partial charge in [0.05, 0.1) is 5.60 Å². The van der Waals surface area contributed by atoms with E-state index in [1.807, 2.05) is 0 Å². The van der Waals surface area contributed by atoms with Crippen LogP contribution in [0.2, 0.25) is 0 Å². The molecule has 2 aliphatic heterocycles.